The van der Waals surface area contributed by atoms with Crippen molar-refractivity contribution in [2.45, 2.75) is 38.1 Å². The number of amides is 1. The molecule has 0 spiro atoms. The molecule has 1 N–H and O–H groups in total. The second-order valence-electron chi connectivity index (χ2n) is 5.44. The van der Waals surface area contributed by atoms with E-state index >= 15 is 0 Å². The van der Waals surface area contributed by atoms with Gasteiger partial charge < -0.3 is 10.1 Å². The van der Waals surface area contributed by atoms with Crippen LogP contribution in [0.5, 0.6) is 0 Å². The van der Waals surface area contributed by atoms with Crippen LogP contribution < -0.4 is 5.32 Å². The van der Waals surface area contributed by atoms with Gasteiger partial charge in [-0.15, -0.1) is 0 Å². The van der Waals surface area contributed by atoms with Crippen molar-refractivity contribution in [3.63, 3.8) is 0 Å². The monoisotopic (exact) mass is 278 g/mol. The number of carbonyl (C=O) groups excluding carboxylic acids is 2. The maximum Gasteiger partial charge on any atom is 0.331 e. The zero-order chi connectivity index (χ0) is 14.6. The minimum Gasteiger partial charge on any atom is -0.467 e. The second-order valence-corrected chi connectivity index (χ2v) is 5.44. The predicted octanol–water partition coefficient (Wildman–Crippen LogP) is 2.18. The summed E-state index contributed by atoms with van der Waals surface area (Å²) in [5.74, 6) is -0.315. The molecule has 110 valence electrons. The molecule has 1 heterocycles. The van der Waals surface area contributed by atoms with Gasteiger partial charge in [-0.2, -0.15) is 0 Å². The Hall–Kier alpha value is -1.91. The third-order valence-electron chi connectivity index (χ3n) is 3.82. The first kappa shape index (κ1) is 14.5. The molecule has 20 heavy (non-hydrogen) atoms. The number of hydrogen-bond acceptors (Lipinski definition) is 4. The molecule has 0 unspecified atom stereocenters. The number of nitrogens with zero attached hydrogens (tertiary/aromatic N) is 1. The fourth-order valence-corrected chi connectivity index (χ4v) is 2.88. The summed E-state index contributed by atoms with van der Waals surface area (Å²) in [4.78, 5) is 28.4. The third-order valence-corrected chi connectivity index (χ3v) is 3.82. The van der Waals surface area contributed by atoms with E-state index in [1.165, 1.54) is 7.11 Å². The van der Waals surface area contributed by atoms with E-state index in [1.54, 1.807) is 24.4 Å². The van der Waals surface area contributed by atoms with Gasteiger partial charge in [0.2, 0.25) is 0 Å². The molecule has 1 amide bonds. The minimum absolute atomic E-state index is 0. The molecular formula is C15H22N2O3. The van der Waals surface area contributed by atoms with E-state index in [-0.39, 0.29) is 13.3 Å². The van der Waals surface area contributed by atoms with Crippen LogP contribution in [-0.4, -0.2) is 29.5 Å². The molecule has 1 aromatic heterocycles. The fraction of sp³-hybridized carbons (Fsp3) is 0.533. The normalized spacial score (nSPS) is 25.8. The highest BCUT2D eigenvalue weighted by atomic mass is 16.5. The van der Waals surface area contributed by atoms with E-state index in [0.717, 1.165) is 12.8 Å². The lowest BCUT2D eigenvalue weighted by Crippen LogP contribution is -2.57. The molecular weight excluding hydrogens is 256 g/mol. The first-order valence-electron chi connectivity index (χ1n) is 6.89. The van der Waals surface area contributed by atoms with Gasteiger partial charge in [0.25, 0.3) is 5.91 Å². The third kappa shape index (κ3) is 2.98. The van der Waals surface area contributed by atoms with Crippen molar-refractivity contribution >= 4 is 11.9 Å². The zero-order valence-corrected chi connectivity index (χ0v) is 11.9. The molecule has 0 radical (unpaired) electrons. The maximum absolute atomic E-state index is 12.3. The van der Waals surface area contributed by atoms with Gasteiger partial charge in [-0.25, -0.2) is 4.79 Å². The topological polar surface area (TPSA) is 68.3 Å². The van der Waals surface area contributed by atoms with E-state index in [4.69, 9.17) is 4.74 Å². The zero-order valence-electron chi connectivity index (χ0n) is 11.9. The number of nitrogens with one attached hydrogen (secondary N) is 1. The minimum atomic E-state index is -0.916. The molecule has 5 heteroatoms. The number of methoxy groups -OCH3 is 1. The lowest BCUT2D eigenvalue weighted by atomic mass is 9.76. The van der Waals surface area contributed by atoms with Crippen molar-refractivity contribution in [3.05, 3.63) is 30.1 Å². The molecule has 5 nitrogen and oxygen atoms in total. The lowest BCUT2D eigenvalue weighted by Gasteiger charge is -2.37. The van der Waals surface area contributed by atoms with Crippen molar-refractivity contribution in [3.8, 4) is 0 Å². The highest BCUT2D eigenvalue weighted by Gasteiger charge is 2.44. The van der Waals surface area contributed by atoms with Gasteiger partial charge in [-0.1, -0.05) is 25.8 Å². The van der Waals surface area contributed by atoms with E-state index in [9.17, 15) is 9.59 Å². The number of rotatable bonds is 3. The first-order chi connectivity index (χ1) is 9.57. The van der Waals surface area contributed by atoms with E-state index in [0.29, 0.717) is 24.5 Å². The fourth-order valence-electron chi connectivity index (χ4n) is 2.88. The number of pyridine rings is 1. The highest BCUT2D eigenvalue weighted by molar-refractivity contribution is 5.96. The average molecular weight is 278 g/mol. The number of hydrogen-bond donors (Lipinski definition) is 1. The predicted molar refractivity (Wildman–Crippen MR) is 76.2 cm³/mol. The van der Waals surface area contributed by atoms with Gasteiger partial charge in [0.05, 0.1) is 7.11 Å². The van der Waals surface area contributed by atoms with Crippen LogP contribution in [0.4, 0.5) is 0 Å². The van der Waals surface area contributed by atoms with Crippen LogP contribution in [0.3, 0.4) is 0 Å². The van der Waals surface area contributed by atoms with Crippen molar-refractivity contribution in [2.24, 2.45) is 5.92 Å². The summed E-state index contributed by atoms with van der Waals surface area (Å²) in [5, 5.41) is 2.85. The van der Waals surface area contributed by atoms with Gasteiger partial charge in [0.1, 0.15) is 11.2 Å². The van der Waals surface area contributed by atoms with E-state index in [2.05, 4.69) is 17.2 Å². The molecule has 1 aliphatic carbocycles. The Morgan fingerprint density at radius 2 is 2.30 bits per heavy atom. The van der Waals surface area contributed by atoms with Crippen molar-refractivity contribution < 1.29 is 15.8 Å². The number of esters is 1. The first-order valence-corrected chi connectivity index (χ1v) is 6.89. The van der Waals surface area contributed by atoms with E-state index in [1.807, 2.05) is 0 Å². The second kappa shape index (κ2) is 6.03. The van der Waals surface area contributed by atoms with E-state index < -0.39 is 5.54 Å². The average Bonchev–Trinajstić information content (AvgIpc) is 2.47. The Morgan fingerprint density at radius 3 is 2.90 bits per heavy atom. The Bertz CT molecular complexity index is 495. The summed E-state index contributed by atoms with van der Waals surface area (Å²) in [6, 6.07) is 5.12. The quantitative estimate of drug-likeness (QED) is 0.860. The van der Waals surface area contributed by atoms with Crippen LogP contribution in [0.25, 0.3) is 0 Å². The summed E-state index contributed by atoms with van der Waals surface area (Å²) in [6.07, 6.45) is 4.75. The van der Waals surface area contributed by atoms with Crippen molar-refractivity contribution in [1.29, 1.82) is 0 Å². The van der Waals surface area contributed by atoms with Gasteiger partial charge in [-0.3, -0.25) is 9.78 Å². The van der Waals surface area contributed by atoms with Gasteiger partial charge in [0.15, 0.2) is 0 Å². The maximum atomic E-state index is 12.3. The standard InChI is InChI=1S/C15H20N2O3.H2/c1-11-6-5-8-15(10-11,14(19)20-2)17-13(18)12-7-3-4-9-16-12;/h3-4,7,9,11H,5-6,8,10H2,1-2H3,(H,17,18);1H/t11-,15-;/m1./s1. The Labute approximate surface area is 120 Å². The molecule has 1 aromatic rings. The molecule has 2 rings (SSSR count). The Morgan fingerprint density at radius 1 is 1.50 bits per heavy atom. The smallest absolute Gasteiger partial charge is 0.331 e. The largest absolute Gasteiger partial charge is 0.467 e. The summed E-state index contributed by atoms with van der Waals surface area (Å²) >= 11 is 0. The van der Waals surface area contributed by atoms with Crippen molar-refractivity contribution in [1.82, 2.24) is 10.3 Å². The summed E-state index contributed by atoms with van der Waals surface area (Å²) < 4.78 is 4.90. The molecule has 1 aliphatic rings. The highest BCUT2D eigenvalue weighted by Crippen LogP contribution is 2.33. The van der Waals surface area contributed by atoms with Crippen LogP contribution in [0.15, 0.2) is 24.4 Å². The summed E-state index contributed by atoms with van der Waals surface area (Å²) in [7, 11) is 1.36. The van der Waals surface area contributed by atoms with Gasteiger partial charge in [-0.05, 0) is 30.9 Å². The molecule has 1 saturated carbocycles. The molecule has 0 saturated heterocycles. The summed E-state index contributed by atoms with van der Waals surface area (Å²) in [6.45, 7) is 2.09. The summed E-state index contributed by atoms with van der Waals surface area (Å²) in [5.41, 5.74) is -0.602. The van der Waals surface area contributed by atoms with Crippen LogP contribution >= 0.6 is 0 Å². The lowest BCUT2D eigenvalue weighted by molar-refractivity contribution is -0.150. The van der Waals surface area contributed by atoms with Crippen LogP contribution in [-0.2, 0) is 9.53 Å². The molecule has 2 atom stereocenters. The van der Waals surface area contributed by atoms with Gasteiger partial charge in [0, 0.05) is 7.62 Å². The van der Waals surface area contributed by atoms with Crippen LogP contribution in [0, 0.1) is 5.92 Å². The number of ether oxygens (including phenoxy) is 1. The van der Waals surface area contributed by atoms with Crippen molar-refractivity contribution in [2.75, 3.05) is 7.11 Å². The molecule has 1 fully saturated rings. The molecule has 0 aromatic carbocycles. The van der Waals surface area contributed by atoms with Crippen LogP contribution in [0.1, 0.15) is 44.5 Å². The SMILES string of the molecule is COC(=O)[C@@]1(NC(=O)c2ccccn2)CCC[C@@H](C)C1.[HH]. The number of aromatic nitrogens is 1. The molecule has 0 bridgehead atoms. The Kier molecular flexibility index (Phi) is 4.37. The number of carbonyl (C=O) groups is 2. The molecule has 0 aliphatic heterocycles. The van der Waals surface area contributed by atoms with Gasteiger partial charge >= 0.3 is 5.97 Å². The Balaban J connectivity index is 0.00000220. The van der Waals surface area contributed by atoms with Crippen LogP contribution in [0.2, 0.25) is 0 Å².